The summed E-state index contributed by atoms with van der Waals surface area (Å²) in [6.07, 6.45) is -4.56. The average Bonchev–Trinajstić information content (AvgIpc) is 2.93. The van der Waals surface area contributed by atoms with Crippen molar-refractivity contribution in [2.75, 3.05) is 6.61 Å². The molecule has 0 aromatic heterocycles. The third-order valence-corrected chi connectivity index (χ3v) is 5.04. The quantitative estimate of drug-likeness (QED) is 0.220. The van der Waals surface area contributed by atoms with Crippen molar-refractivity contribution in [2.24, 2.45) is 0 Å². The predicted octanol–water partition coefficient (Wildman–Crippen LogP) is 3.43. The van der Waals surface area contributed by atoms with Crippen molar-refractivity contribution in [3.8, 4) is 0 Å². The summed E-state index contributed by atoms with van der Waals surface area (Å²) >= 11 is 0. The minimum atomic E-state index is -1.66. The molecule has 0 aliphatic rings. The van der Waals surface area contributed by atoms with Crippen molar-refractivity contribution in [2.45, 2.75) is 25.2 Å². The van der Waals surface area contributed by atoms with Crippen LogP contribution in [0.5, 0.6) is 0 Å². The predicted molar refractivity (Wildman–Crippen MR) is 130 cm³/mol. The minimum Gasteiger partial charge on any atom is -0.458 e. The molecule has 3 aromatic rings. The highest BCUT2D eigenvalue weighted by atomic mass is 16.6. The molecule has 190 valence electrons. The van der Waals surface area contributed by atoms with Crippen molar-refractivity contribution in [3.05, 3.63) is 108 Å². The summed E-state index contributed by atoms with van der Waals surface area (Å²) in [5.74, 6) is -3.30. The topological polar surface area (TPSA) is 122 Å². The van der Waals surface area contributed by atoms with E-state index in [1.807, 2.05) is 0 Å². The Morgan fingerprint density at radius 1 is 0.649 bits per heavy atom. The van der Waals surface area contributed by atoms with Crippen LogP contribution in [0.25, 0.3) is 0 Å². The van der Waals surface area contributed by atoms with Gasteiger partial charge in [-0.25, -0.2) is 14.4 Å². The number of hydrogen-bond acceptors (Lipinski definition) is 9. The maximum Gasteiger partial charge on any atom is 0.338 e. The summed E-state index contributed by atoms with van der Waals surface area (Å²) in [4.78, 5) is 61.9. The Morgan fingerprint density at radius 3 is 1.51 bits per heavy atom. The van der Waals surface area contributed by atoms with Gasteiger partial charge in [0.1, 0.15) is 6.61 Å². The molecular weight excluding hydrogens is 480 g/mol. The molecule has 0 amide bonds. The van der Waals surface area contributed by atoms with Crippen LogP contribution in [-0.4, -0.2) is 55.1 Å². The van der Waals surface area contributed by atoms with Crippen LogP contribution in [0.1, 0.15) is 38.0 Å². The smallest absolute Gasteiger partial charge is 0.338 e. The lowest BCUT2D eigenvalue weighted by Crippen LogP contribution is -2.48. The third kappa shape index (κ3) is 7.86. The summed E-state index contributed by atoms with van der Waals surface area (Å²) in [6.45, 7) is 0.456. The molecule has 0 aliphatic heterocycles. The summed E-state index contributed by atoms with van der Waals surface area (Å²) in [5.41, 5.74) is 0.514. The van der Waals surface area contributed by atoms with Crippen molar-refractivity contribution < 1.29 is 42.9 Å². The van der Waals surface area contributed by atoms with Crippen LogP contribution in [0.3, 0.4) is 0 Å². The lowest BCUT2D eigenvalue weighted by Gasteiger charge is -2.29. The standard InChI is InChI=1S/C28H24O9/c1-19(30)35-23(17-29)25(37-28(33)22-15-9-4-10-16-22)24(36-27(32)21-13-7-3-8-14-21)18-34-26(31)20-11-5-2-6-12-20/h2-17,23-25H,18H2,1H3/t23-,24+,25-/m1/s1. The molecule has 0 spiro atoms. The van der Waals surface area contributed by atoms with E-state index in [0.29, 0.717) is 0 Å². The summed E-state index contributed by atoms with van der Waals surface area (Å²) < 4.78 is 21.4. The summed E-state index contributed by atoms with van der Waals surface area (Å²) in [5, 5.41) is 0. The van der Waals surface area contributed by atoms with E-state index in [9.17, 15) is 24.0 Å². The van der Waals surface area contributed by atoms with Crippen LogP contribution < -0.4 is 0 Å². The zero-order valence-electron chi connectivity index (χ0n) is 19.9. The highest BCUT2D eigenvalue weighted by molar-refractivity contribution is 5.91. The van der Waals surface area contributed by atoms with Gasteiger partial charge in [-0.05, 0) is 36.4 Å². The second kappa shape index (κ2) is 13.3. The molecule has 9 nitrogen and oxygen atoms in total. The fraction of sp³-hybridized carbons (Fsp3) is 0.179. The first-order valence-electron chi connectivity index (χ1n) is 11.3. The van der Waals surface area contributed by atoms with E-state index in [0.717, 1.165) is 6.92 Å². The molecule has 0 bridgehead atoms. The molecule has 37 heavy (non-hydrogen) atoms. The highest BCUT2D eigenvalue weighted by Crippen LogP contribution is 2.18. The Balaban J connectivity index is 1.92. The van der Waals surface area contributed by atoms with E-state index in [2.05, 4.69) is 0 Å². The van der Waals surface area contributed by atoms with E-state index in [1.165, 1.54) is 36.4 Å². The Bertz CT molecular complexity index is 1210. The fourth-order valence-corrected chi connectivity index (χ4v) is 3.28. The van der Waals surface area contributed by atoms with Gasteiger partial charge < -0.3 is 18.9 Å². The van der Waals surface area contributed by atoms with Gasteiger partial charge in [-0.15, -0.1) is 0 Å². The molecule has 0 aliphatic carbocycles. The molecule has 0 saturated carbocycles. The molecule has 3 aromatic carbocycles. The Morgan fingerprint density at radius 2 is 1.08 bits per heavy atom. The second-order valence-electron chi connectivity index (χ2n) is 7.72. The maximum absolute atomic E-state index is 12.9. The minimum absolute atomic E-state index is 0.134. The average molecular weight is 504 g/mol. The van der Waals surface area contributed by atoms with Crippen LogP contribution in [0.2, 0.25) is 0 Å². The van der Waals surface area contributed by atoms with E-state index >= 15 is 0 Å². The lowest BCUT2D eigenvalue weighted by atomic mass is 10.1. The van der Waals surface area contributed by atoms with Gasteiger partial charge >= 0.3 is 23.9 Å². The maximum atomic E-state index is 12.9. The SMILES string of the molecule is CC(=O)O[C@H](C=O)[C@@H](OC(=O)c1ccccc1)[C@H](COC(=O)c1ccccc1)OC(=O)c1ccccc1. The van der Waals surface area contributed by atoms with Gasteiger partial charge in [0.25, 0.3) is 0 Å². The Kier molecular flexibility index (Phi) is 9.66. The first kappa shape index (κ1) is 26.8. The second-order valence-corrected chi connectivity index (χ2v) is 7.72. The normalized spacial score (nSPS) is 12.8. The van der Waals surface area contributed by atoms with E-state index in [4.69, 9.17) is 18.9 Å². The first-order valence-corrected chi connectivity index (χ1v) is 11.3. The Labute approximate surface area is 212 Å². The number of carbonyl (C=O) groups is 5. The van der Waals surface area contributed by atoms with Gasteiger partial charge in [0, 0.05) is 6.92 Å². The molecule has 9 heteroatoms. The number of rotatable bonds is 11. The van der Waals surface area contributed by atoms with Gasteiger partial charge in [-0.1, -0.05) is 54.6 Å². The summed E-state index contributed by atoms with van der Waals surface area (Å²) in [6, 6.07) is 23.8. The van der Waals surface area contributed by atoms with Crippen LogP contribution in [-0.2, 0) is 28.5 Å². The van der Waals surface area contributed by atoms with E-state index in [-0.39, 0.29) is 23.0 Å². The lowest BCUT2D eigenvalue weighted by molar-refractivity contribution is -0.162. The number of esters is 4. The molecule has 0 heterocycles. The Hall–Kier alpha value is -4.79. The molecule has 0 unspecified atom stereocenters. The van der Waals surface area contributed by atoms with E-state index in [1.54, 1.807) is 54.6 Å². The van der Waals surface area contributed by atoms with Crippen LogP contribution in [0, 0.1) is 0 Å². The van der Waals surface area contributed by atoms with Crippen molar-refractivity contribution in [1.82, 2.24) is 0 Å². The molecule has 0 fully saturated rings. The molecule has 0 N–H and O–H groups in total. The van der Waals surface area contributed by atoms with Crippen LogP contribution in [0.15, 0.2) is 91.0 Å². The monoisotopic (exact) mass is 504 g/mol. The van der Waals surface area contributed by atoms with Gasteiger partial charge in [-0.3, -0.25) is 9.59 Å². The number of benzene rings is 3. The number of hydrogen-bond donors (Lipinski definition) is 0. The van der Waals surface area contributed by atoms with Gasteiger partial charge in [0.2, 0.25) is 0 Å². The third-order valence-electron chi connectivity index (χ3n) is 5.04. The van der Waals surface area contributed by atoms with Crippen LogP contribution >= 0.6 is 0 Å². The summed E-state index contributed by atoms with van der Waals surface area (Å²) in [7, 11) is 0. The number of aldehydes is 1. The molecule has 0 saturated heterocycles. The van der Waals surface area contributed by atoms with Crippen molar-refractivity contribution in [3.63, 3.8) is 0 Å². The van der Waals surface area contributed by atoms with Gasteiger partial charge in [-0.2, -0.15) is 0 Å². The van der Waals surface area contributed by atoms with Crippen molar-refractivity contribution in [1.29, 1.82) is 0 Å². The first-order chi connectivity index (χ1) is 17.9. The fourth-order valence-electron chi connectivity index (χ4n) is 3.28. The zero-order chi connectivity index (χ0) is 26.6. The molecule has 0 radical (unpaired) electrons. The van der Waals surface area contributed by atoms with E-state index < -0.39 is 48.8 Å². The molecule has 3 rings (SSSR count). The largest absolute Gasteiger partial charge is 0.458 e. The highest BCUT2D eigenvalue weighted by Gasteiger charge is 2.39. The van der Waals surface area contributed by atoms with Crippen LogP contribution in [0.4, 0.5) is 0 Å². The van der Waals surface area contributed by atoms with Crippen molar-refractivity contribution >= 4 is 30.2 Å². The van der Waals surface area contributed by atoms with Gasteiger partial charge in [0.05, 0.1) is 16.7 Å². The zero-order valence-corrected chi connectivity index (χ0v) is 19.9. The molecular formula is C28H24O9. The number of carbonyl (C=O) groups excluding carboxylic acids is 5. The molecule has 3 atom stereocenters. The van der Waals surface area contributed by atoms with Gasteiger partial charge in [0.15, 0.2) is 24.6 Å². The number of ether oxygens (including phenoxy) is 4.